The summed E-state index contributed by atoms with van der Waals surface area (Å²) in [6.07, 6.45) is 3.43. The fraction of sp³-hybridized carbons (Fsp3) is 0.346. The first-order chi connectivity index (χ1) is 17.2. The third kappa shape index (κ3) is 5.56. The maximum absolute atomic E-state index is 13.4. The SMILES string of the molecule is Cc1cc(C(C)Nc2ccc(Cl)nc2S(=O)(=O)NC(C)(C)C)c2oc(-c3cnn(C)c3)c(C)c(=O)c2c1. The molecule has 0 aliphatic rings. The van der Waals surface area contributed by atoms with Crippen LogP contribution >= 0.6 is 11.6 Å². The molecule has 3 heterocycles. The fourth-order valence-electron chi connectivity index (χ4n) is 4.20. The van der Waals surface area contributed by atoms with Crippen LogP contribution in [0.15, 0.2) is 50.9 Å². The number of nitrogens with one attached hydrogen (secondary N) is 2. The van der Waals surface area contributed by atoms with Gasteiger partial charge in [-0.15, -0.1) is 0 Å². The molecule has 1 atom stereocenters. The van der Waals surface area contributed by atoms with Crippen molar-refractivity contribution in [2.75, 3.05) is 5.32 Å². The quantitative estimate of drug-likeness (QED) is 0.324. The van der Waals surface area contributed by atoms with Gasteiger partial charge in [-0.3, -0.25) is 9.48 Å². The van der Waals surface area contributed by atoms with Crippen molar-refractivity contribution in [3.05, 3.63) is 68.7 Å². The van der Waals surface area contributed by atoms with Gasteiger partial charge in [-0.05, 0) is 65.3 Å². The molecule has 11 heteroatoms. The van der Waals surface area contributed by atoms with Gasteiger partial charge in [-0.2, -0.15) is 5.10 Å². The molecule has 4 rings (SSSR count). The van der Waals surface area contributed by atoms with Gasteiger partial charge < -0.3 is 9.73 Å². The normalized spacial score (nSPS) is 13.2. The van der Waals surface area contributed by atoms with E-state index in [9.17, 15) is 13.2 Å². The number of halogens is 1. The minimum absolute atomic E-state index is 0.0519. The molecule has 4 aromatic rings. The maximum Gasteiger partial charge on any atom is 0.260 e. The van der Waals surface area contributed by atoms with Crippen molar-refractivity contribution in [3.63, 3.8) is 0 Å². The Morgan fingerprint density at radius 2 is 1.86 bits per heavy atom. The molecule has 1 unspecified atom stereocenters. The molecule has 196 valence electrons. The topological polar surface area (TPSA) is 119 Å². The number of anilines is 1. The summed E-state index contributed by atoms with van der Waals surface area (Å²) in [4.78, 5) is 17.5. The van der Waals surface area contributed by atoms with Crippen LogP contribution in [-0.4, -0.2) is 28.7 Å². The van der Waals surface area contributed by atoms with Crippen LogP contribution < -0.4 is 15.5 Å². The summed E-state index contributed by atoms with van der Waals surface area (Å²) in [6.45, 7) is 10.7. The number of pyridine rings is 1. The second-order valence-electron chi connectivity index (χ2n) is 10.2. The summed E-state index contributed by atoms with van der Waals surface area (Å²) in [6, 6.07) is 6.34. The van der Waals surface area contributed by atoms with Crippen molar-refractivity contribution in [2.45, 2.75) is 58.1 Å². The van der Waals surface area contributed by atoms with Crippen LogP contribution in [-0.2, 0) is 17.1 Å². The van der Waals surface area contributed by atoms with Crippen LogP contribution in [0, 0.1) is 13.8 Å². The van der Waals surface area contributed by atoms with E-state index in [1.54, 1.807) is 64.0 Å². The highest BCUT2D eigenvalue weighted by Gasteiger charge is 2.28. The van der Waals surface area contributed by atoms with Gasteiger partial charge in [-0.25, -0.2) is 18.1 Å². The van der Waals surface area contributed by atoms with Crippen LogP contribution in [0.3, 0.4) is 0 Å². The summed E-state index contributed by atoms with van der Waals surface area (Å²) < 4.78 is 36.9. The zero-order chi connectivity index (χ0) is 27.3. The summed E-state index contributed by atoms with van der Waals surface area (Å²) >= 11 is 6.07. The smallest absolute Gasteiger partial charge is 0.260 e. The van der Waals surface area contributed by atoms with Gasteiger partial charge in [0.05, 0.1) is 28.9 Å². The summed E-state index contributed by atoms with van der Waals surface area (Å²) in [5, 5.41) is 7.73. The summed E-state index contributed by atoms with van der Waals surface area (Å²) in [7, 11) is -2.20. The van der Waals surface area contributed by atoms with Crippen molar-refractivity contribution < 1.29 is 12.8 Å². The monoisotopic (exact) mass is 543 g/mol. The molecule has 37 heavy (non-hydrogen) atoms. The lowest BCUT2D eigenvalue weighted by Gasteiger charge is -2.23. The highest BCUT2D eigenvalue weighted by atomic mass is 35.5. The Balaban J connectivity index is 1.85. The van der Waals surface area contributed by atoms with Gasteiger partial charge >= 0.3 is 0 Å². The number of hydrogen-bond acceptors (Lipinski definition) is 7. The molecule has 2 N–H and O–H groups in total. The number of fused-ring (bicyclic) bond motifs is 1. The molecule has 0 amide bonds. The molecule has 0 spiro atoms. The van der Waals surface area contributed by atoms with E-state index in [2.05, 4.69) is 20.1 Å². The van der Waals surface area contributed by atoms with E-state index in [4.69, 9.17) is 16.0 Å². The molecule has 0 fully saturated rings. The number of benzene rings is 1. The zero-order valence-electron chi connectivity index (χ0n) is 21.8. The van der Waals surface area contributed by atoms with Gasteiger partial charge in [-0.1, -0.05) is 17.7 Å². The lowest BCUT2D eigenvalue weighted by atomic mass is 9.99. The number of aryl methyl sites for hydroxylation is 2. The minimum atomic E-state index is -3.99. The number of sulfonamides is 1. The molecular weight excluding hydrogens is 514 g/mol. The molecule has 0 aliphatic carbocycles. The van der Waals surface area contributed by atoms with Gasteiger partial charge in [0, 0.05) is 29.9 Å². The van der Waals surface area contributed by atoms with E-state index >= 15 is 0 Å². The Bertz CT molecular complexity index is 1670. The van der Waals surface area contributed by atoms with Crippen molar-refractivity contribution in [1.82, 2.24) is 19.5 Å². The number of aromatic nitrogens is 3. The fourth-order valence-corrected chi connectivity index (χ4v) is 5.93. The van der Waals surface area contributed by atoms with E-state index in [0.717, 1.165) is 5.56 Å². The number of rotatable bonds is 6. The highest BCUT2D eigenvalue weighted by molar-refractivity contribution is 7.89. The Morgan fingerprint density at radius 3 is 2.49 bits per heavy atom. The van der Waals surface area contributed by atoms with Crippen molar-refractivity contribution in [2.24, 2.45) is 7.05 Å². The van der Waals surface area contributed by atoms with Gasteiger partial charge in [0.15, 0.2) is 10.5 Å². The van der Waals surface area contributed by atoms with Gasteiger partial charge in [0.1, 0.15) is 16.5 Å². The molecule has 0 bridgehead atoms. The minimum Gasteiger partial charge on any atom is -0.455 e. The third-order valence-corrected chi connectivity index (χ3v) is 7.63. The summed E-state index contributed by atoms with van der Waals surface area (Å²) in [5.74, 6) is 0.439. The standard InChI is InChI=1S/C26H30ClN5O4S/c1-14-10-18(24-19(11-14)22(33)15(2)23(36-24)17-12-28-32(7)13-17)16(3)29-20-8-9-21(27)30-25(20)37(34,35)31-26(4,5)6/h8-13,16,29,31H,1-7H3. The van der Waals surface area contributed by atoms with Gasteiger partial charge in [0.25, 0.3) is 10.0 Å². The van der Waals surface area contributed by atoms with Crippen LogP contribution in [0.4, 0.5) is 5.69 Å². The molecule has 0 saturated heterocycles. The molecule has 0 aliphatic heterocycles. The first-order valence-electron chi connectivity index (χ1n) is 11.7. The first kappa shape index (κ1) is 26.8. The predicted octanol–water partition coefficient (Wildman–Crippen LogP) is 5.11. The predicted molar refractivity (Wildman–Crippen MR) is 146 cm³/mol. The number of nitrogens with zero attached hydrogens (tertiary/aromatic N) is 3. The second kappa shape index (κ2) is 9.59. The molecule has 9 nitrogen and oxygen atoms in total. The largest absolute Gasteiger partial charge is 0.455 e. The van der Waals surface area contributed by atoms with Crippen LogP contribution in [0.25, 0.3) is 22.3 Å². The Labute approximate surface area is 220 Å². The zero-order valence-corrected chi connectivity index (χ0v) is 23.4. The Morgan fingerprint density at radius 1 is 1.16 bits per heavy atom. The Hall–Kier alpha value is -3.21. The van der Waals surface area contributed by atoms with E-state index in [1.165, 1.54) is 6.07 Å². The first-order valence-corrected chi connectivity index (χ1v) is 13.6. The molecule has 0 radical (unpaired) electrons. The van der Waals surface area contributed by atoms with Crippen molar-refractivity contribution >= 4 is 38.3 Å². The van der Waals surface area contributed by atoms with Crippen LogP contribution in [0.2, 0.25) is 5.15 Å². The van der Waals surface area contributed by atoms with E-state index in [0.29, 0.717) is 33.4 Å². The Kier molecular flexibility index (Phi) is 6.96. The molecular formula is C26H30ClN5O4S. The average Bonchev–Trinajstić information content (AvgIpc) is 3.21. The lowest BCUT2D eigenvalue weighted by Crippen LogP contribution is -2.41. The second-order valence-corrected chi connectivity index (χ2v) is 12.2. The average molecular weight is 544 g/mol. The summed E-state index contributed by atoms with van der Waals surface area (Å²) in [5.41, 5.74) is 2.57. The maximum atomic E-state index is 13.4. The third-order valence-electron chi connectivity index (χ3n) is 5.72. The molecule has 0 saturated carbocycles. The van der Waals surface area contributed by atoms with E-state index < -0.39 is 21.6 Å². The highest BCUT2D eigenvalue weighted by Crippen LogP contribution is 2.33. The van der Waals surface area contributed by atoms with Gasteiger partial charge in [0.2, 0.25) is 0 Å². The van der Waals surface area contributed by atoms with E-state index in [1.807, 2.05) is 19.9 Å². The van der Waals surface area contributed by atoms with E-state index in [-0.39, 0.29) is 21.3 Å². The molecule has 3 aromatic heterocycles. The van der Waals surface area contributed by atoms with Crippen LogP contribution in [0.1, 0.15) is 50.4 Å². The van der Waals surface area contributed by atoms with Crippen molar-refractivity contribution in [3.8, 4) is 11.3 Å². The van der Waals surface area contributed by atoms with Crippen LogP contribution in [0.5, 0.6) is 0 Å². The molecule has 1 aromatic carbocycles. The number of hydrogen-bond donors (Lipinski definition) is 2. The van der Waals surface area contributed by atoms with Crippen molar-refractivity contribution in [1.29, 1.82) is 0 Å². The lowest BCUT2D eigenvalue weighted by molar-refractivity contribution is 0.490.